The fraction of sp³-hybridized carbons (Fsp3) is 0.906. The molecule has 7 heterocycles. The number of carbonyl (C=O) groups is 5. The number of nitrogens with one attached hydrogen (secondary N) is 4. The van der Waals surface area contributed by atoms with Crippen LogP contribution < -0.4 is 21.3 Å². The third-order valence-electron chi connectivity index (χ3n) is 17.1. The van der Waals surface area contributed by atoms with Gasteiger partial charge in [0.15, 0.2) is 37.7 Å². The van der Waals surface area contributed by atoms with Gasteiger partial charge in [-0.1, -0.05) is 0 Å². The van der Waals surface area contributed by atoms with E-state index in [9.17, 15) is 126 Å². The van der Waals surface area contributed by atoms with Gasteiger partial charge in [-0.15, -0.1) is 0 Å². The number of aliphatic hydroxyl groups is 19. The molecule has 7 rings (SSSR count). The van der Waals surface area contributed by atoms with E-state index >= 15 is 0 Å². The quantitative estimate of drug-likeness (QED) is 0.0404. The molecule has 0 saturated carbocycles. The van der Waals surface area contributed by atoms with Crippen molar-refractivity contribution in [2.45, 2.75) is 261 Å². The molecule has 24 N–H and O–H groups in total. The zero-order valence-corrected chi connectivity index (χ0v) is 51.4. The first-order valence-corrected chi connectivity index (χ1v) is 30.1. The number of carboxylic acid groups (broad SMARTS) is 1. The van der Waals surface area contributed by atoms with Crippen molar-refractivity contribution in [3.63, 3.8) is 0 Å². The standard InChI is InChI=1S/C53H88N4O38/c1-13-29(69)36(76)38(78)49(84-13)93-45-37(77)32(72)21(9-60)87-51(45)92-42-28(57-17(5)66)46(80)85-24(33(42)73)12-83-47-27(56-16(4)65)35(75)40(22(10-61)88-47)90-50-39(79)44(41(23(11-62)89-50)91-48-26(55-15(3)64)34(74)31(71)20(8-59)86-48)95-53(52(81)82)6-18(67)25(54-14(2)63)43(94-53)30(70)19(68)7-58/h13,18-51,58-62,67-80H,6-12H2,1-5H3,(H,54,63)(H,55,64)(H,56,65)(H,57,66)(H,81,82)/t13-,18-,19+,20+,21+,22+,23+,24+,25+,26+,27+,28+,29+,30+,31-,32-,33-,34+,35+,36+,37-,38-,39+,40+,41-,42+,43+,44+,45+,46-,47+,48-,49-,50-,51-,53-/m0/s1. The second kappa shape index (κ2) is 33.5. The average molecular weight is 1390 g/mol. The Morgan fingerprint density at radius 1 is 0.453 bits per heavy atom. The van der Waals surface area contributed by atoms with Gasteiger partial charge < -0.3 is 185 Å². The second-order valence-corrected chi connectivity index (χ2v) is 24.0. The summed E-state index contributed by atoms with van der Waals surface area (Å²) in [5.41, 5.74) is 0. The number of aliphatic carboxylic acids is 1. The van der Waals surface area contributed by atoms with Crippen molar-refractivity contribution in [2.24, 2.45) is 0 Å². The Hall–Kier alpha value is -3.93. The highest BCUT2D eigenvalue weighted by Crippen LogP contribution is 2.41. The van der Waals surface area contributed by atoms with Crippen LogP contribution >= 0.6 is 0 Å². The van der Waals surface area contributed by atoms with Crippen LogP contribution in [0.25, 0.3) is 0 Å². The molecular formula is C53H88N4O38. The van der Waals surface area contributed by atoms with Gasteiger partial charge in [0, 0.05) is 34.1 Å². The predicted octanol–water partition coefficient (Wildman–Crippen LogP) is -15.5. The number of aliphatic hydroxyl groups excluding tert-OH is 19. The van der Waals surface area contributed by atoms with Crippen LogP contribution in [0.15, 0.2) is 0 Å². The molecule has 95 heavy (non-hydrogen) atoms. The van der Waals surface area contributed by atoms with Crippen molar-refractivity contribution >= 4 is 29.6 Å². The lowest BCUT2D eigenvalue weighted by Crippen LogP contribution is -2.72. The number of ether oxygens (including phenoxy) is 13. The highest BCUT2D eigenvalue weighted by Gasteiger charge is 2.63. The molecule has 42 heteroatoms. The zero-order chi connectivity index (χ0) is 70.6. The third-order valence-corrected chi connectivity index (χ3v) is 17.1. The number of rotatable bonds is 25. The van der Waals surface area contributed by atoms with Gasteiger partial charge in [-0.25, -0.2) is 4.79 Å². The molecule has 0 spiro atoms. The smallest absolute Gasteiger partial charge is 0.364 e. The zero-order valence-electron chi connectivity index (χ0n) is 51.4. The monoisotopic (exact) mass is 1390 g/mol. The lowest BCUT2D eigenvalue weighted by molar-refractivity contribution is -0.399. The molecule has 36 atom stereocenters. The van der Waals surface area contributed by atoms with Crippen molar-refractivity contribution in [1.82, 2.24) is 21.3 Å². The summed E-state index contributed by atoms with van der Waals surface area (Å²) < 4.78 is 76.4. The van der Waals surface area contributed by atoms with E-state index in [-0.39, 0.29) is 0 Å². The van der Waals surface area contributed by atoms with Crippen molar-refractivity contribution < 1.29 is 188 Å². The van der Waals surface area contributed by atoms with Crippen molar-refractivity contribution in [3.8, 4) is 0 Å². The number of hydrogen-bond donors (Lipinski definition) is 24. The first-order valence-electron chi connectivity index (χ1n) is 30.1. The Labute approximate surface area is 538 Å². The molecule has 0 aromatic carbocycles. The molecule has 0 aliphatic carbocycles. The summed E-state index contributed by atoms with van der Waals surface area (Å²) in [5.74, 6) is -9.11. The third kappa shape index (κ3) is 17.5. The lowest BCUT2D eigenvalue weighted by atomic mass is 9.88. The molecular weight excluding hydrogens is 1300 g/mol. The maximum absolute atomic E-state index is 13.6. The minimum Gasteiger partial charge on any atom is -0.477 e. The van der Waals surface area contributed by atoms with E-state index in [0.29, 0.717) is 0 Å². The minimum absolute atomic E-state index is 0.853. The van der Waals surface area contributed by atoms with Crippen LogP contribution in [-0.2, 0) is 85.6 Å². The van der Waals surface area contributed by atoms with Crippen LogP contribution in [0.4, 0.5) is 0 Å². The summed E-state index contributed by atoms with van der Waals surface area (Å²) in [6, 6.07) is -7.23. The van der Waals surface area contributed by atoms with Gasteiger partial charge in [0.25, 0.3) is 5.79 Å². The number of amides is 4. The topological polar surface area (TPSA) is 658 Å². The van der Waals surface area contributed by atoms with Crippen LogP contribution in [0, 0.1) is 0 Å². The number of carbonyl (C=O) groups excluding carboxylic acids is 4. The fourth-order valence-corrected chi connectivity index (χ4v) is 12.1. The van der Waals surface area contributed by atoms with Crippen molar-refractivity contribution in [2.75, 3.05) is 39.6 Å². The molecule has 42 nitrogen and oxygen atoms in total. The summed E-state index contributed by atoms with van der Waals surface area (Å²) in [6.45, 7) is -1.47. The first kappa shape index (κ1) is 78.4. The highest BCUT2D eigenvalue weighted by molar-refractivity contribution is 5.77. The minimum atomic E-state index is -3.39. The normalized spacial score (nSPS) is 46.4. The summed E-state index contributed by atoms with van der Waals surface area (Å²) in [5, 5.41) is 229. The largest absolute Gasteiger partial charge is 0.477 e. The van der Waals surface area contributed by atoms with Gasteiger partial charge in [0.2, 0.25) is 23.6 Å². The molecule has 7 aliphatic heterocycles. The average Bonchev–Trinajstić information content (AvgIpc) is 0.755. The van der Waals surface area contributed by atoms with Crippen LogP contribution in [-0.4, -0.2) is 392 Å². The van der Waals surface area contributed by atoms with Gasteiger partial charge >= 0.3 is 5.97 Å². The van der Waals surface area contributed by atoms with E-state index in [0.717, 1.165) is 27.7 Å². The Morgan fingerprint density at radius 3 is 1.48 bits per heavy atom. The van der Waals surface area contributed by atoms with E-state index in [1.165, 1.54) is 6.92 Å². The SMILES string of the molecule is CC(=O)N[C@@H]1[C@@H](O[C@@H]2O[C@H](CO)[C@H](O)[C@H](O)[C@H]2O[C@@H]2O[C@@H](C)[C@@H](O)[C@@H](O)[C@@H]2O)[C@@H](O)[C@@H](CO[C@@H]2O[C@H](CO)[C@@H](O[C@@H]3O[C@H](CO)[C@H](O[C@@H]4O[C@H](CO)[C@H](O)[C@H](O)[C@H]4NC(C)=O)[C@H](O[C@]4(C(=O)O)C[C@H](O)[C@@H](NC(C)=O)[C@H]([C@H](O)[C@H](O)CO)O4)[C@H]3O)[C@H](O)[C@H]2NC(C)=O)O[C@@H]1O. The van der Waals surface area contributed by atoms with Gasteiger partial charge in [-0.05, 0) is 6.92 Å². The molecule has 0 bridgehead atoms. The second-order valence-electron chi connectivity index (χ2n) is 24.0. The summed E-state index contributed by atoms with van der Waals surface area (Å²) in [4.78, 5) is 63.9. The van der Waals surface area contributed by atoms with Gasteiger partial charge in [-0.3, -0.25) is 19.2 Å². The fourth-order valence-electron chi connectivity index (χ4n) is 12.1. The number of carboxylic acids is 1. The van der Waals surface area contributed by atoms with Gasteiger partial charge in [0.05, 0.1) is 57.9 Å². The maximum Gasteiger partial charge on any atom is 0.364 e. The molecule has 7 aliphatic rings. The molecule has 0 radical (unpaired) electrons. The summed E-state index contributed by atoms with van der Waals surface area (Å²) in [7, 11) is 0. The lowest BCUT2D eigenvalue weighted by Gasteiger charge is -2.52. The predicted molar refractivity (Wildman–Crippen MR) is 294 cm³/mol. The molecule has 0 aromatic heterocycles. The summed E-state index contributed by atoms with van der Waals surface area (Å²) in [6.07, 6.45) is -64.2. The molecule has 0 unspecified atom stereocenters. The number of hydrogen-bond acceptors (Lipinski definition) is 37. The van der Waals surface area contributed by atoms with Gasteiger partial charge in [0.1, 0.15) is 159 Å². The first-order chi connectivity index (χ1) is 44.7. The van der Waals surface area contributed by atoms with Crippen LogP contribution in [0.3, 0.4) is 0 Å². The van der Waals surface area contributed by atoms with E-state index in [4.69, 9.17) is 61.6 Å². The Bertz CT molecular complexity index is 2520. The van der Waals surface area contributed by atoms with Crippen LogP contribution in [0.2, 0.25) is 0 Å². The van der Waals surface area contributed by atoms with Crippen LogP contribution in [0.5, 0.6) is 0 Å². The molecule has 0 aromatic rings. The van der Waals surface area contributed by atoms with Crippen molar-refractivity contribution in [3.05, 3.63) is 0 Å². The van der Waals surface area contributed by atoms with E-state index in [2.05, 4.69) is 21.3 Å². The maximum atomic E-state index is 13.6. The highest BCUT2D eigenvalue weighted by atomic mass is 16.8. The molecule has 4 amide bonds. The van der Waals surface area contributed by atoms with E-state index < -0.39 is 296 Å². The van der Waals surface area contributed by atoms with Crippen molar-refractivity contribution in [1.29, 1.82) is 0 Å². The van der Waals surface area contributed by atoms with Gasteiger partial charge in [-0.2, -0.15) is 0 Å². The van der Waals surface area contributed by atoms with E-state index in [1.807, 2.05) is 0 Å². The molecule has 7 saturated heterocycles. The van der Waals surface area contributed by atoms with Crippen LogP contribution in [0.1, 0.15) is 41.0 Å². The summed E-state index contributed by atoms with van der Waals surface area (Å²) >= 11 is 0. The molecule has 7 fully saturated rings. The van der Waals surface area contributed by atoms with E-state index in [1.54, 1.807) is 0 Å². The molecule has 548 valence electrons. The Kier molecular flexibility index (Phi) is 27.6. The Morgan fingerprint density at radius 2 is 0.926 bits per heavy atom. The Balaban J connectivity index is 1.18.